The standard InChI is InChI=1S/C26H27N7O2/c34-26(33-9-11-35-12-10-33)23-13-18-1-2-19(14-22(18)31-23)25-27-8-7-24(32-25)30-21-5-3-17(4-6-21)20-15-28-29-16-20/h1-8,13-14,20,28-29,31H,9-12,15-16H2,(H,27,30,32). The van der Waals surface area contributed by atoms with Crippen molar-refractivity contribution in [2.24, 2.45) is 0 Å². The molecule has 178 valence electrons. The van der Waals surface area contributed by atoms with Crippen LogP contribution in [0.2, 0.25) is 0 Å². The predicted molar refractivity (Wildman–Crippen MR) is 135 cm³/mol. The van der Waals surface area contributed by atoms with Crippen molar-refractivity contribution in [3.8, 4) is 11.4 Å². The zero-order valence-corrected chi connectivity index (χ0v) is 19.3. The van der Waals surface area contributed by atoms with Gasteiger partial charge < -0.3 is 19.9 Å². The Kier molecular flexibility index (Phi) is 5.87. The lowest BCUT2D eigenvalue weighted by Crippen LogP contribution is -2.40. The van der Waals surface area contributed by atoms with Gasteiger partial charge in [0.05, 0.1) is 13.2 Å². The maximum Gasteiger partial charge on any atom is 0.270 e. The summed E-state index contributed by atoms with van der Waals surface area (Å²) in [4.78, 5) is 27.1. The molecule has 2 aromatic heterocycles. The topological polar surface area (TPSA) is 107 Å². The number of aromatic nitrogens is 3. The maximum atomic E-state index is 12.8. The molecule has 2 aromatic carbocycles. The largest absolute Gasteiger partial charge is 0.378 e. The third-order valence-corrected chi connectivity index (χ3v) is 6.54. The molecule has 1 amide bonds. The van der Waals surface area contributed by atoms with Crippen LogP contribution in [-0.2, 0) is 4.74 Å². The number of carbonyl (C=O) groups excluding carboxylic acids is 1. The molecule has 2 saturated heterocycles. The van der Waals surface area contributed by atoms with E-state index < -0.39 is 0 Å². The van der Waals surface area contributed by atoms with E-state index in [0.29, 0.717) is 43.7 Å². The number of benzene rings is 2. The van der Waals surface area contributed by atoms with Crippen LogP contribution < -0.4 is 16.2 Å². The van der Waals surface area contributed by atoms with E-state index >= 15 is 0 Å². The number of morpholine rings is 1. The summed E-state index contributed by atoms with van der Waals surface area (Å²) < 4.78 is 5.35. The molecule has 0 aliphatic carbocycles. The highest BCUT2D eigenvalue weighted by molar-refractivity contribution is 5.98. The lowest BCUT2D eigenvalue weighted by molar-refractivity contribution is 0.0299. The Morgan fingerprint density at radius 1 is 1.00 bits per heavy atom. The van der Waals surface area contributed by atoms with Gasteiger partial charge in [0.25, 0.3) is 5.91 Å². The number of hydrogen-bond acceptors (Lipinski definition) is 7. The molecule has 4 heterocycles. The number of rotatable bonds is 5. The second kappa shape index (κ2) is 9.46. The molecule has 4 aromatic rings. The lowest BCUT2D eigenvalue weighted by atomic mass is 10.0. The van der Waals surface area contributed by atoms with Gasteiger partial charge in [-0.05, 0) is 35.9 Å². The summed E-state index contributed by atoms with van der Waals surface area (Å²) in [5.41, 5.74) is 11.0. The van der Waals surface area contributed by atoms with Crippen molar-refractivity contribution >= 4 is 28.3 Å². The Morgan fingerprint density at radius 2 is 1.80 bits per heavy atom. The van der Waals surface area contributed by atoms with Crippen LogP contribution in [0.25, 0.3) is 22.3 Å². The van der Waals surface area contributed by atoms with E-state index in [1.54, 1.807) is 6.20 Å². The van der Waals surface area contributed by atoms with E-state index in [0.717, 1.165) is 41.1 Å². The molecular formula is C26H27N7O2. The Labute approximate surface area is 202 Å². The average Bonchev–Trinajstić information content (AvgIpc) is 3.59. The van der Waals surface area contributed by atoms with E-state index in [4.69, 9.17) is 9.72 Å². The maximum absolute atomic E-state index is 12.8. The van der Waals surface area contributed by atoms with E-state index in [9.17, 15) is 4.79 Å². The highest BCUT2D eigenvalue weighted by Crippen LogP contribution is 2.25. The SMILES string of the molecule is O=C(c1cc2ccc(-c3nccc(Nc4ccc(C5CNNC5)cc4)n3)cc2[nH]1)N1CCOCC1. The van der Waals surface area contributed by atoms with Crippen LogP contribution in [0.15, 0.2) is 60.8 Å². The lowest BCUT2D eigenvalue weighted by Gasteiger charge is -2.26. The minimum atomic E-state index is -0.0000249. The second-order valence-electron chi connectivity index (χ2n) is 8.86. The zero-order chi connectivity index (χ0) is 23.6. The van der Waals surface area contributed by atoms with Crippen LogP contribution in [0.3, 0.4) is 0 Å². The van der Waals surface area contributed by atoms with Gasteiger partial charge in [0.1, 0.15) is 11.5 Å². The number of anilines is 2. The fourth-order valence-corrected chi connectivity index (χ4v) is 4.57. The number of carbonyl (C=O) groups is 1. The normalized spacial score (nSPS) is 16.6. The number of hydrogen-bond donors (Lipinski definition) is 4. The number of nitrogens with zero attached hydrogens (tertiary/aromatic N) is 3. The van der Waals surface area contributed by atoms with Crippen molar-refractivity contribution in [1.82, 2.24) is 30.7 Å². The van der Waals surface area contributed by atoms with Gasteiger partial charge in [-0.3, -0.25) is 15.6 Å². The first-order valence-electron chi connectivity index (χ1n) is 11.9. The number of aromatic amines is 1. The summed E-state index contributed by atoms with van der Waals surface area (Å²) in [6.07, 6.45) is 1.75. The van der Waals surface area contributed by atoms with E-state index in [1.807, 2.05) is 35.2 Å². The molecule has 6 rings (SSSR count). The van der Waals surface area contributed by atoms with Gasteiger partial charge in [0.15, 0.2) is 5.82 Å². The molecule has 2 aliphatic heterocycles. The van der Waals surface area contributed by atoms with Gasteiger partial charge in [-0.25, -0.2) is 9.97 Å². The van der Waals surface area contributed by atoms with Crippen molar-refractivity contribution in [3.63, 3.8) is 0 Å². The minimum absolute atomic E-state index is 0.0000249. The van der Waals surface area contributed by atoms with Crippen molar-refractivity contribution in [1.29, 1.82) is 0 Å². The summed E-state index contributed by atoms with van der Waals surface area (Å²) in [6.45, 7) is 4.27. The van der Waals surface area contributed by atoms with Gasteiger partial charge in [0.2, 0.25) is 0 Å². The number of ether oxygens (including phenoxy) is 1. The van der Waals surface area contributed by atoms with Crippen molar-refractivity contribution in [2.75, 3.05) is 44.7 Å². The quantitative estimate of drug-likeness (QED) is 0.356. The molecule has 4 N–H and O–H groups in total. The Morgan fingerprint density at radius 3 is 2.60 bits per heavy atom. The number of H-pyrrole nitrogens is 1. The Balaban J connectivity index is 1.20. The Hall–Kier alpha value is -3.79. The van der Waals surface area contributed by atoms with Crippen LogP contribution in [0.5, 0.6) is 0 Å². The molecule has 0 radical (unpaired) electrons. The highest BCUT2D eigenvalue weighted by Gasteiger charge is 2.20. The number of fused-ring (bicyclic) bond motifs is 1. The summed E-state index contributed by atoms with van der Waals surface area (Å²) in [5, 5.41) is 4.35. The molecule has 0 saturated carbocycles. The molecule has 35 heavy (non-hydrogen) atoms. The van der Waals surface area contributed by atoms with Crippen LogP contribution in [0, 0.1) is 0 Å². The average molecular weight is 470 g/mol. The van der Waals surface area contributed by atoms with Crippen LogP contribution in [0.1, 0.15) is 22.0 Å². The molecule has 0 bridgehead atoms. The van der Waals surface area contributed by atoms with Crippen molar-refractivity contribution in [3.05, 3.63) is 72.1 Å². The highest BCUT2D eigenvalue weighted by atomic mass is 16.5. The molecular weight excluding hydrogens is 442 g/mol. The molecule has 9 heteroatoms. The molecule has 2 aliphatic rings. The second-order valence-corrected chi connectivity index (χ2v) is 8.86. The minimum Gasteiger partial charge on any atom is -0.378 e. The van der Waals surface area contributed by atoms with Gasteiger partial charge in [-0.2, -0.15) is 0 Å². The molecule has 2 fully saturated rings. The molecule has 9 nitrogen and oxygen atoms in total. The third-order valence-electron chi connectivity index (χ3n) is 6.54. The van der Waals surface area contributed by atoms with Crippen LogP contribution in [0.4, 0.5) is 11.5 Å². The first-order valence-corrected chi connectivity index (χ1v) is 11.9. The summed E-state index contributed by atoms with van der Waals surface area (Å²) in [6, 6.07) is 18.2. The van der Waals surface area contributed by atoms with Gasteiger partial charge in [0, 0.05) is 60.4 Å². The third kappa shape index (κ3) is 4.61. The van der Waals surface area contributed by atoms with Crippen molar-refractivity contribution in [2.45, 2.75) is 5.92 Å². The van der Waals surface area contributed by atoms with Gasteiger partial charge in [-0.15, -0.1) is 0 Å². The van der Waals surface area contributed by atoms with Crippen molar-refractivity contribution < 1.29 is 9.53 Å². The zero-order valence-electron chi connectivity index (χ0n) is 19.3. The van der Waals surface area contributed by atoms with E-state index in [2.05, 4.69) is 50.4 Å². The van der Waals surface area contributed by atoms with Crippen LogP contribution >= 0.6 is 0 Å². The number of nitrogens with one attached hydrogen (secondary N) is 4. The predicted octanol–water partition coefficient (Wildman–Crippen LogP) is 3.03. The summed E-state index contributed by atoms with van der Waals surface area (Å²) in [5.74, 6) is 1.83. The smallest absolute Gasteiger partial charge is 0.270 e. The summed E-state index contributed by atoms with van der Waals surface area (Å²) >= 11 is 0. The molecule has 0 unspecified atom stereocenters. The van der Waals surface area contributed by atoms with Crippen LogP contribution in [-0.4, -0.2) is 65.2 Å². The van der Waals surface area contributed by atoms with E-state index in [-0.39, 0.29) is 5.91 Å². The Bertz CT molecular complexity index is 1340. The van der Waals surface area contributed by atoms with Gasteiger partial charge in [-0.1, -0.05) is 24.3 Å². The first kappa shape index (κ1) is 21.7. The molecule has 0 spiro atoms. The first-order chi connectivity index (χ1) is 17.2. The monoisotopic (exact) mass is 469 g/mol. The summed E-state index contributed by atoms with van der Waals surface area (Å²) in [7, 11) is 0. The fourth-order valence-electron chi connectivity index (χ4n) is 4.57. The molecule has 0 atom stereocenters. The fraction of sp³-hybridized carbons (Fsp3) is 0.269. The van der Waals surface area contributed by atoms with Gasteiger partial charge >= 0.3 is 0 Å². The van der Waals surface area contributed by atoms with E-state index in [1.165, 1.54) is 5.56 Å². The number of amides is 1. The number of hydrazine groups is 1.